The van der Waals surface area contributed by atoms with E-state index in [1.54, 1.807) is 0 Å². The van der Waals surface area contributed by atoms with Gasteiger partial charge >= 0.3 is 0 Å². The monoisotopic (exact) mass is 340 g/mol. The number of hydrazine groups is 9. The Labute approximate surface area is 144 Å². The molecule has 0 amide bonds. The molecular weight excluding hydrogens is 308 g/mol. The second-order valence-corrected chi connectivity index (χ2v) is 7.51. The van der Waals surface area contributed by atoms with Gasteiger partial charge in [-0.2, -0.15) is 43.4 Å². The summed E-state index contributed by atoms with van der Waals surface area (Å²) in [5, 5.41) is 8.79. The molecule has 6 bridgehead atoms. The minimum atomic E-state index is 0.709. The fourth-order valence-corrected chi connectivity index (χ4v) is 4.21. The molecule has 10 nitrogen and oxygen atoms in total. The van der Waals surface area contributed by atoms with Crippen LogP contribution in [0.15, 0.2) is 0 Å². The summed E-state index contributed by atoms with van der Waals surface area (Å²) in [6.45, 7) is 6.46. The van der Waals surface area contributed by atoms with E-state index in [9.17, 15) is 0 Å². The van der Waals surface area contributed by atoms with E-state index >= 15 is 0 Å². The second kappa shape index (κ2) is 8.32. The third-order valence-corrected chi connectivity index (χ3v) is 5.39. The standard InChI is InChI=1S/C14H32N10/c1-2-6-14-10-22-8-4-3-7-21-9-13(5-1)11-23(19-21)17-15-16-18-24(12-14)20-22/h13-20H,1-12H2. The third kappa shape index (κ3) is 4.61. The van der Waals surface area contributed by atoms with Gasteiger partial charge in [-0.25, -0.2) is 10.0 Å². The lowest BCUT2D eigenvalue weighted by molar-refractivity contribution is -0.119. The normalized spacial score (nSPS) is 45.0. The molecule has 0 saturated carbocycles. The highest BCUT2D eigenvalue weighted by atomic mass is 16.0. The molecule has 0 aromatic heterocycles. The van der Waals surface area contributed by atoms with Crippen molar-refractivity contribution in [2.24, 2.45) is 11.8 Å². The van der Waals surface area contributed by atoms with Crippen LogP contribution >= 0.6 is 0 Å². The molecule has 24 heavy (non-hydrogen) atoms. The van der Waals surface area contributed by atoms with Crippen LogP contribution in [0.5, 0.6) is 0 Å². The van der Waals surface area contributed by atoms with E-state index in [-0.39, 0.29) is 0 Å². The fraction of sp³-hybridized carbons (Fsp3) is 1.00. The molecule has 138 valence electrons. The number of fused-ring (bicyclic) bond motifs is 9. The Morgan fingerprint density at radius 1 is 0.583 bits per heavy atom. The summed E-state index contributed by atoms with van der Waals surface area (Å²) in [4.78, 5) is 0. The van der Waals surface area contributed by atoms with Crippen LogP contribution in [-0.4, -0.2) is 59.5 Å². The van der Waals surface area contributed by atoms with E-state index in [1.807, 2.05) is 10.2 Å². The van der Waals surface area contributed by atoms with E-state index in [2.05, 4.69) is 43.2 Å². The predicted molar refractivity (Wildman–Crippen MR) is 90.1 cm³/mol. The average molecular weight is 340 g/mol. The van der Waals surface area contributed by atoms with Crippen LogP contribution in [0, 0.1) is 11.8 Å². The molecular formula is C14H32N10. The highest BCUT2D eigenvalue weighted by Gasteiger charge is 2.28. The molecule has 0 radical (unpaired) electrons. The molecule has 6 atom stereocenters. The molecule has 5 heterocycles. The van der Waals surface area contributed by atoms with Gasteiger partial charge in [0.1, 0.15) is 0 Å². The van der Waals surface area contributed by atoms with Crippen LogP contribution in [0.3, 0.4) is 0 Å². The Bertz CT molecular complexity index is 291. The summed E-state index contributed by atoms with van der Waals surface area (Å²) in [5.74, 6) is 1.42. The van der Waals surface area contributed by atoms with Crippen molar-refractivity contribution >= 4 is 0 Å². The maximum absolute atomic E-state index is 3.46. The zero-order valence-electron chi connectivity index (χ0n) is 14.4. The highest BCUT2D eigenvalue weighted by molar-refractivity contribution is 4.75. The average Bonchev–Trinajstić information content (AvgIpc) is 2.58. The maximum atomic E-state index is 3.46. The first-order valence-electron chi connectivity index (χ1n) is 9.44. The Morgan fingerprint density at radius 3 is 1.58 bits per heavy atom. The van der Waals surface area contributed by atoms with Crippen molar-refractivity contribution in [2.75, 3.05) is 39.3 Å². The van der Waals surface area contributed by atoms with Crippen LogP contribution < -0.4 is 33.2 Å². The molecule has 6 unspecified atom stereocenters. The van der Waals surface area contributed by atoms with Gasteiger partial charge in [-0.1, -0.05) is 12.8 Å². The van der Waals surface area contributed by atoms with Crippen molar-refractivity contribution in [3.8, 4) is 0 Å². The van der Waals surface area contributed by atoms with Crippen LogP contribution in [0.25, 0.3) is 0 Å². The van der Waals surface area contributed by atoms with Crippen LogP contribution in [0.1, 0.15) is 38.5 Å². The second-order valence-electron chi connectivity index (χ2n) is 7.51. The van der Waals surface area contributed by atoms with Crippen molar-refractivity contribution < 1.29 is 0 Å². The lowest BCUT2D eigenvalue weighted by Gasteiger charge is -2.43. The van der Waals surface area contributed by atoms with Gasteiger partial charge in [-0.3, -0.25) is 0 Å². The van der Waals surface area contributed by atoms with Crippen molar-refractivity contribution in [3.05, 3.63) is 0 Å². The van der Waals surface area contributed by atoms with Gasteiger partial charge in [0.05, 0.1) is 0 Å². The van der Waals surface area contributed by atoms with Crippen molar-refractivity contribution in [1.29, 1.82) is 0 Å². The first-order valence-corrected chi connectivity index (χ1v) is 9.44. The zero-order valence-corrected chi connectivity index (χ0v) is 14.4. The molecule has 5 rings (SSSR count). The number of nitrogens with one attached hydrogen (secondary N) is 6. The summed E-state index contributed by atoms with van der Waals surface area (Å²) in [6, 6.07) is 0. The molecule has 0 spiro atoms. The summed E-state index contributed by atoms with van der Waals surface area (Å²) in [6.07, 6.45) is 7.68. The molecule has 6 N–H and O–H groups in total. The number of hydrogen-bond acceptors (Lipinski definition) is 10. The Kier molecular flexibility index (Phi) is 5.91. The first kappa shape index (κ1) is 17.0. The number of hydrogen-bond donors (Lipinski definition) is 6. The maximum Gasteiger partial charge on any atom is 0.0357 e. The van der Waals surface area contributed by atoms with E-state index in [0.717, 1.165) is 39.3 Å². The zero-order chi connectivity index (χ0) is 16.2. The first-order chi connectivity index (χ1) is 11.8. The van der Waals surface area contributed by atoms with E-state index in [0.29, 0.717) is 11.8 Å². The summed E-state index contributed by atoms with van der Waals surface area (Å²) < 4.78 is 0. The van der Waals surface area contributed by atoms with Crippen molar-refractivity contribution in [3.63, 3.8) is 0 Å². The molecule has 0 aromatic carbocycles. The Morgan fingerprint density at radius 2 is 1.08 bits per heavy atom. The Balaban J connectivity index is 1.50. The van der Waals surface area contributed by atoms with E-state index < -0.39 is 0 Å². The predicted octanol–water partition coefficient (Wildman–Crippen LogP) is -1.41. The summed E-state index contributed by atoms with van der Waals surface area (Å²) in [5.41, 5.74) is 19.3. The van der Waals surface area contributed by atoms with E-state index in [1.165, 1.54) is 38.5 Å². The molecule has 5 aliphatic heterocycles. The Hall–Kier alpha value is -0.400. The quantitative estimate of drug-likeness (QED) is 0.316. The largest absolute Gasteiger partial charge is 0.229 e. The minimum Gasteiger partial charge on any atom is -0.229 e. The van der Waals surface area contributed by atoms with Crippen LogP contribution in [-0.2, 0) is 0 Å². The molecule has 0 aliphatic carbocycles. The van der Waals surface area contributed by atoms with Gasteiger partial charge < -0.3 is 0 Å². The lowest BCUT2D eigenvalue weighted by Crippen LogP contribution is -2.72. The number of rotatable bonds is 0. The van der Waals surface area contributed by atoms with Gasteiger partial charge in [-0.05, 0) is 37.5 Å². The van der Waals surface area contributed by atoms with Gasteiger partial charge in [0, 0.05) is 39.3 Å². The number of nitrogens with zero attached hydrogens (tertiary/aromatic N) is 4. The topological polar surface area (TPSA) is 85.1 Å². The third-order valence-electron chi connectivity index (χ3n) is 5.39. The molecule has 5 aliphatic rings. The fourth-order valence-electron chi connectivity index (χ4n) is 4.21. The van der Waals surface area contributed by atoms with Crippen LogP contribution in [0.2, 0.25) is 0 Å². The lowest BCUT2D eigenvalue weighted by atomic mass is 9.95. The minimum absolute atomic E-state index is 0.709. The van der Waals surface area contributed by atoms with Gasteiger partial charge in [-0.15, -0.1) is 0 Å². The molecule has 5 fully saturated rings. The van der Waals surface area contributed by atoms with Crippen LogP contribution in [0.4, 0.5) is 0 Å². The van der Waals surface area contributed by atoms with Gasteiger partial charge in [0.15, 0.2) is 0 Å². The van der Waals surface area contributed by atoms with Crippen molar-refractivity contribution in [1.82, 2.24) is 53.5 Å². The SMILES string of the molecule is C1CCC2CN3CCCCN4CC(C1)CN(NNNNN(C2)N3)N4. The molecule has 5 saturated heterocycles. The molecule has 0 aromatic rings. The summed E-state index contributed by atoms with van der Waals surface area (Å²) >= 11 is 0. The van der Waals surface area contributed by atoms with Gasteiger partial charge in [0.25, 0.3) is 0 Å². The van der Waals surface area contributed by atoms with Crippen molar-refractivity contribution in [2.45, 2.75) is 38.5 Å². The molecule has 10 heteroatoms. The van der Waals surface area contributed by atoms with E-state index in [4.69, 9.17) is 0 Å². The highest BCUT2D eigenvalue weighted by Crippen LogP contribution is 2.20. The summed E-state index contributed by atoms with van der Waals surface area (Å²) in [7, 11) is 0. The smallest absolute Gasteiger partial charge is 0.0357 e. The van der Waals surface area contributed by atoms with Gasteiger partial charge in [0.2, 0.25) is 0 Å².